The number of rotatable bonds is 5. The molecule has 10 rings (SSSR count). The van der Waals surface area contributed by atoms with Crippen molar-refractivity contribution in [2.75, 3.05) is 0 Å². The summed E-state index contributed by atoms with van der Waals surface area (Å²) in [5.41, 5.74) is 14.5. The molecule has 0 spiro atoms. The van der Waals surface area contributed by atoms with Crippen molar-refractivity contribution in [3.63, 3.8) is 0 Å². The fourth-order valence-electron chi connectivity index (χ4n) is 7.95. The minimum absolute atomic E-state index is 1.15. The van der Waals surface area contributed by atoms with Crippen LogP contribution in [0.25, 0.3) is 88.4 Å². The van der Waals surface area contributed by atoms with Gasteiger partial charge in [0.25, 0.3) is 0 Å². The molecule has 0 amide bonds. The molecule has 2 nitrogen and oxygen atoms in total. The Hall–Kier alpha value is -6.64. The van der Waals surface area contributed by atoms with Gasteiger partial charge in [-0.15, -0.1) is 0 Å². The van der Waals surface area contributed by atoms with Gasteiger partial charge in [0.05, 0.1) is 22.1 Å². The van der Waals surface area contributed by atoms with Gasteiger partial charge in [-0.25, -0.2) is 0 Å². The molecule has 0 aliphatic carbocycles. The molecule has 0 N–H and O–H groups in total. The molecule has 2 heteroatoms. The molecule has 10 aromatic rings. The zero-order valence-corrected chi connectivity index (χ0v) is 27.4. The molecule has 0 aliphatic rings. The third kappa shape index (κ3) is 4.43. The Morgan fingerprint density at radius 3 is 1.28 bits per heavy atom. The van der Waals surface area contributed by atoms with Crippen molar-refractivity contribution < 1.29 is 0 Å². The third-order valence-electron chi connectivity index (χ3n) is 10.1. The summed E-state index contributed by atoms with van der Waals surface area (Å²) in [5, 5.41) is 5.05. The van der Waals surface area contributed by atoms with E-state index in [2.05, 4.69) is 203 Å². The molecular weight excluding hydrogens is 605 g/mol. The Kier molecular flexibility index (Phi) is 6.53. The van der Waals surface area contributed by atoms with E-state index in [4.69, 9.17) is 0 Å². The zero-order chi connectivity index (χ0) is 33.0. The average Bonchev–Trinajstić information content (AvgIpc) is 3.72. The molecule has 0 radical (unpaired) electrons. The van der Waals surface area contributed by atoms with Crippen molar-refractivity contribution in [3.8, 4) is 44.8 Å². The van der Waals surface area contributed by atoms with Gasteiger partial charge in [0.1, 0.15) is 0 Å². The van der Waals surface area contributed by atoms with Crippen molar-refractivity contribution in [1.29, 1.82) is 0 Å². The van der Waals surface area contributed by atoms with E-state index in [1.165, 1.54) is 82.7 Å². The second-order valence-corrected chi connectivity index (χ2v) is 12.9. The first-order valence-corrected chi connectivity index (χ1v) is 17.2. The van der Waals surface area contributed by atoms with Crippen LogP contribution in [0, 0.1) is 0 Å². The number of aromatic nitrogens is 2. The van der Waals surface area contributed by atoms with Gasteiger partial charge in [0.2, 0.25) is 0 Å². The molecule has 0 saturated carbocycles. The van der Waals surface area contributed by atoms with Gasteiger partial charge in [-0.05, 0) is 88.0 Å². The lowest BCUT2D eigenvalue weighted by atomic mass is 9.95. The van der Waals surface area contributed by atoms with Crippen LogP contribution in [0.4, 0.5) is 0 Å². The molecule has 8 aromatic carbocycles. The summed E-state index contributed by atoms with van der Waals surface area (Å²) >= 11 is 0. The van der Waals surface area contributed by atoms with Gasteiger partial charge in [0, 0.05) is 32.9 Å². The summed E-state index contributed by atoms with van der Waals surface area (Å²) in [6.07, 6.45) is 0. The van der Waals surface area contributed by atoms with E-state index in [9.17, 15) is 0 Å². The highest BCUT2D eigenvalue weighted by atomic mass is 15.0. The lowest BCUT2D eigenvalue weighted by molar-refractivity contribution is 1.18. The summed E-state index contributed by atoms with van der Waals surface area (Å²) in [5.74, 6) is 0. The predicted octanol–water partition coefficient (Wildman–Crippen LogP) is 12.9. The maximum atomic E-state index is 2.44. The molecule has 2 heterocycles. The molecular formula is C48H32N2. The Morgan fingerprint density at radius 2 is 0.660 bits per heavy atom. The Labute approximate surface area is 290 Å². The van der Waals surface area contributed by atoms with Crippen LogP contribution in [0.2, 0.25) is 0 Å². The van der Waals surface area contributed by atoms with Gasteiger partial charge in [0.15, 0.2) is 0 Å². The predicted molar refractivity (Wildman–Crippen MR) is 211 cm³/mol. The normalized spacial score (nSPS) is 11.6. The highest BCUT2D eigenvalue weighted by Crippen LogP contribution is 2.44. The lowest BCUT2D eigenvalue weighted by Gasteiger charge is -2.12. The first-order chi connectivity index (χ1) is 24.8. The SMILES string of the molecule is c1ccc(-c2cccc(-c3cccc(-n4c5ccccc5c5c(-c6cccc7c6c6ccccc6n7-c6ccccc6)cccc54)c3)c2)cc1. The first-order valence-electron chi connectivity index (χ1n) is 17.2. The van der Waals surface area contributed by atoms with Crippen LogP contribution < -0.4 is 0 Å². The molecule has 0 saturated heterocycles. The van der Waals surface area contributed by atoms with E-state index in [0.29, 0.717) is 0 Å². The lowest BCUT2D eigenvalue weighted by Crippen LogP contribution is -1.94. The van der Waals surface area contributed by atoms with Crippen LogP contribution in [-0.2, 0) is 0 Å². The van der Waals surface area contributed by atoms with Crippen LogP contribution in [0.3, 0.4) is 0 Å². The van der Waals surface area contributed by atoms with E-state index < -0.39 is 0 Å². The Bertz CT molecular complexity index is 2860. The van der Waals surface area contributed by atoms with Crippen molar-refractivity contribution >= 4 is 43.6 Å². The van der Waals surface area contributed by atoms with Crippen LogP contribution in [0.15, 0.2) is 194 Å². The number of para-hydroxylation sites is 3. The van der Waals surface area contributed by atoms with Gasteiger partial charge in [-0.2, -0.15) is 0 Å². The van der Waals surface area contributed by atoms with Gasteiger partial charge >= 0.3 is 0 Å². The fourth-order valence-corrected chi connectivity index (χ4v) is 7.95. The highest BCUT2D eigenvalue weighted by Gasteiger charge is 2.20. The minimum Gasteiger partial charge on any atom is -0.309 e. The molecule has 234 valence electrons. The molecule has 0 aliphatic heterocycles. The molecule has 2 aromatic heterocycles. The second-order valence-electron chi connectivity index (χ2n) is 12.9. The number of hydrogen-bond donors (Lipinski definition) is 0. The summed E-state index contributed by atoms with van der Waals surface area (Å²) in [7, 11) is 0. The number of benzene rings is 8. The number of fused-ring (bicyclic) bond motifs is 6. The zero-order valence-electron chi connectivity index (χ0n) is 27.4. The molecule has 0 atom stereocenters. The maximum Gasteiger partial charge on any atom is 0.0547 e. The summed E-state index contributed by atoms with van der Waals surface area (Å²) in [4.78, 5) is 0. The number of hydrogen-bond acceptors (Lipinski definition) is 0. The number of nitrogens with zero attached hydrogens (tertiary/aromatic N) is 2. The van der Waals surface area contributed by atoms with Crippen molar-refractivity contribution in [1.82, 2.24) is 9.13 Å². The topological polar surface area (TPSA) is 9.86 Å². The maximum absolute atomic E-state index is 2.44. The van der Waals surface area contributed by atoms with Crippen LogP contribution >= 0.6 is 0 Å². The van der Waals surface area contributed by atoms with Gasteiger partial charge in [-0.3, -0.25) is 0 Å². The van der Waals surface area contributed by atoms with Crippen molar-refractivity contribution in [2.45, 2.75) is 0 Å². The summed E-state index contributed by atoms with van der Waals surface area (Å²) in [6, 6.07) is 70.3. The monoisotopic (exact) mass is 636 g/mol. The first kappa shape index (κ1) is 28.4. The van der Waals surface area contributed by atoms with Crippen LogP contribution in [-0.4, -0.2) is 9.13 Å². The summed E-state index contributed by atoms with van der Waals surface area (Å²) in [6.45, 7) is 0. The van der Waals surface area contributed by atoms with Crippen molar-refractivity contribution in [3.05, 3.63) is 194 Å². The average molecular weight is 637 g/mol. The third-order valence-corrected chi connectivity index (χ3v) is 10.1. The quantitative estimate of drug-likeness (QED) is 0.178. The Balaban J connectivity index is 1.20. The second kappa shape index (κ2) is 11.5. The molecule has 0 unspecified atom stereocenters. The standard InChI is InChI=1S/C48H32N2/c1-3-15-33(16-4-1)34-17-11-18-35(31-34)36-19-12-22-38(32-36)50-44-28-10-8-24-42(44)48-40(26-14-30-46(48)50)39-25-13-29-45-47(39)41-23-7-9-27-43(41)49(45)37-20-5-2-6-21-37/h1-32H. The smallest absolute Gasteiger partial charge is 0.0547 e. The van der Waals surface area contributed by atoms with Crippen LogP contribution in [0.1, 0.15) is 0 Å². The fraction of sp³-hybridized carbons (Fsp3) is 0. The molecule has 50 heavy (non-hydrogen) atoms. The van der Waals surface area contributed by atoms with E-state index in [1.807, 2.05) is 0 Å². The van der Waals surface area contributed by atoms with Gasteiger partial charge < -0.3 is 9.13 Å². The molecule has 0 fully saturated rings. The molecule has 0 bridgehead atoms. The van der Waals surface area contributed by atoms with E-state index >= 15 is 0 Å². The van der Waals surface area contributed by atoms with Gasteiger partial charge in [-0.1, -0.05) is 140 Å². The summed E-state index contributed by atoms with van der Waals surface area (Å²) < 4.78 is 4.84. The largest absolute Gasteiger partial charge is 0.309 e. The highest BCUT2D eigenvalue weighted by molar-refractivity contribution is 6.22. The van der Waals surface area contributed by atoms with Crippen molar-refractivity contribution in [2.24, 2.45) is 0 Å². The minimum atomic E-state index is 1.15. The van der Waals surface area contributed by atoms with Crippen LogP contribution in [0.5, 0.6) is 0 Å². The van der Waals surface area contributed by atoms with E-state index in [0.717, 1.165) is 5.69 Å². The van der Waals surface area contributed by atoms with E-state index in [-0.39, 0.29) is 0 Å². The van der Waals surface area contributed by atoms with E-state index in [1.54, 1.807) is 0 Å². The Morgan fingerprint density at radius 1 is 0.260 bits per heavy atom.